The highest BCUT2D eigenvalue weighted by molar-refractivity contribution is 5.96. The van der Waals surface area contributed by atoms with Crippen LogP contribution in [0.4, 0.5) is 0 Å². The van der Waals surface area contributed by atoms with Crippen LogP contribution in [0.3, 0.4) is 0 Å². The first kappa shape index (κ1) is 10.5. The van der Waals surface area contributed by atoms with Crippen LogP contribution in [0, 0.1) is 0 Å². The predicted molar refractivity (Wildman–Crippen MR) is 56.2 cm³/mol. The highest BCUT2D eigenvalue weighted by Crippen LogP contribution is 2.33. The molecule has 2 heterocycles. The molecule has 0 aliphatic carbocycles. The maximum absolute atomic E-state index is 11.9. The largest absolute Gasteiger partial charge is 0.351 e. The van der Waals surface area contributed by atoms with Gasteiger partial charge < -0.3 is 10.2 Å². The summed E-state index contributed by atoms with van der Waals surface area (Å²) < 4.78 is 0. The molecule has 1 unspecified atom stereocenters. The predicted octanol–water partition coefficient (Wildman–Crippen LogP) is 0.668. The van der Waals surface area contributed by atoms with Crippen LogP contribution in [-0.2, 0) is 9.59 Å². The van der Waals surface area contributed by atoms with Gasteiger partial charge in [-0.25, -0.2) is 0 Å². The molecular weight excluding hydrogens is 192 g/mol. The molecule has 4 heteroatoms. The number of hydrogen-bond donors (Lipinski definition) is 1. The summed E-state index contributed by atoms with van der Waals surface area (Å²) >= 11 is 0. The molecule has 0 radical (unpaired) electrons. The number of nitrogens with zero attached hydrogens (tertiary/aromatic N) is 1. The molecule has 1 spiro atoms. The molecule has 0 aromatic carbocycles. The Morgan fingerprint density at radius 3 is 2.87 bits per heavy atom. The van der Waals surface area contributed by atoms with E-state index in [0.29, 0.717) is 13.0 Å². The van der Waals surface area contributed by atoms with Gasteiger partial charge in [-0.3, -0.25) is 9.59 Å². The van der Waals surface area contributed by atoms with E-state index in [0.717, 1.165) is 32.2 Å². The average molecular weight is 210 g/mol. The van der Waals surface area contributed by atoms with E-state index in [1.807, 2.05) is 11.8 Å². The van der Waals surface area contributed by atoms with Crippen LogP contribution in [-0.4, -0.2) is 35.3 Å². The van der Waals surface area contributed by atoms with Crippen LogP contribution in [0.2, 0.25) is 0 Å². The van der Waals surface area contributed by atoms with Gasteiger partial charge in [-0.1, -0.05) is 6.92 Å². The smallest absolute Gasteiger partial charge is 0.247 e. The highest BCUT2D eigenvalue weighted by Gasteiger charge is 2.53. The maximum Gasteiger partial charge on any atom is 0.247 e. The van der Waals surface area contributed by atoms with Crippen LogP contribution in [0.1, 0.15) is 39.0 Å². The quantitative estimate of drug-likeness (QED) is 0.681. The number of rotatable bonds is 2. The third-order valence-electron chi connectivity index (χ3n) is 3.47. The molecule has 84 valence electrons. The lowest BCUT2D eigenvalue weighted by Crippen LogP contribution is -2.75. The second-order valence-corrected chi connectivity index (χ2v) is 4.47. The minimum atomic E-state index is -0.468. The molecule has 0 aromatic heterocycles. The SMILES string of the molecule is CCCC(=O)N1CCCCC12CNC2=O. The number of amides is 2. The molecule has 2 aliphatic rings. The summed E-state index contributed by atoms with van der Waals surface area (Å²) in [4.78, 5) is 25.3. The molecule has 2 aliphatic heterocycles. The molecule has 2 saturated heterocycles. The summed E-state index contributed by atoms with van der Waals surface area (Å²) in [5.41, 5.74) is -0.468. The first-order chi connectivity index (χ1) is 7.20. The molecule has 2 amide bonds. The van der Waals surface area contributed by atoms with Crippen molar-refractivity contribution in [2.75, 3.05) is 13.1 Å². The van der Waals surface area contributed by atoms with Crippen molar-refractivity contribution in [1.82, 2.24) is 10.2 Å². The monoisotopic (exact) mass is 210 g/mol. The van der Waals surface area contributed by atoms with Gasteiger partial charge in [-0.2, -0.15) is 0 Å². The van der Waals surface area contributed by atoms with Gasteiger partial charge in [0.05, 0.1) is 0 Å². The highest BCUT2D eigenvalue weighted by atomic mass is 16.2. The van der Waals surface area contributed by atoms with E-state index >= 15 is 0 Å². The molecule has 15 heavy (non-hydrogen) atoms. The molecular formula is C11H18N2O2. The van der Waals surface area contributed by atoms with Gasteiger partial charge in [0.2, 0.25) is 11.8 Å². The van der Waals surface area contributed by atoms with E-state index in [-0.39, 0.29) is 11.8 Å². The van der Waals surface area contributed by atoms with Gasteiger partial charge in [-0.15, -0.1) is 0 Å². The number of carbonyl (C=O) groups is 2. The summed E-state index contributed by atoms with van der Waals surface area (Å²) in [6, 6.07) is 0. The van der Waals surface area contributed by atoms with Gasteiger partial charge in [0.25, 0.3) is 0 Å². The Morgan fingerprint density at radius 1 is 1.53 bits per heavy atom. The summed E-state index contributed by atoms with van der Waals surface area (Å²) in [5, 5.41) is 2.76. The fourth-order valence-corrected chi connectivity index (χ4v) is 2.53. The third-order valence-corrected chi connectivity index (χ3v) is 3.47. The lowest BCUT2D eigenvalue weighted by atomic mass is 9.80. The zero-order chi connectivity index (χ0) is 10.9. The Labute approximate surface area is 90.0 Å². The van der Waals surface area contributed by atoms with Crippen molar-refractivity contribution in [2.45, 2.75) is 44.6 Å². The number of likely N-dealkylation sites (tertiary alicyclic amines) is 1. The van der Waals surface area contributed by atoms with E-state index in [9.17, 15) is 9.59 Å². The van der Waals surface area contributed by atoms with Crippen molar-refractivity contribution in [3.63, 3.8) is 0 Å². The number of hydrogen-bond acceptors (Lipinski definition) is 2. The molecule has 2 fully saturated rings. The first-order valence-corrected chi connectivity index (χ1v) is 5.79. The third kappa shape index (κ3) is 1.52. The zero-order valence-corrected chi connectivity index (χ0v) is 9.21. The summed E-state index contributed by atoms with van der Waals surface area (Å²) in [7, 11) is 0. The van der Waals surface area contributed by atoms with Crippen LogP contribution in [0.25, 0.3) is 0 Å². The Balaban J connectivity index is 2.13. The van der Waals surface area contributed by atoms with Gasteiger partial charge in [0.1, 0.15) is 5.54 Å². The summed E-state index contributed by atoms with van der Waals surface area (Å²) in [6.45, 7) is 3.41. The molecule has 0 saturated carbocycles. The van der Waals surface area contributed by atoms with Crippen molar-refractivity contribution in [3.8, 4) is 0 Å². The average Bonchev–Trinajstić information content (AvgIpc) is 2.27. The van der Waals surface area contributed by atoms with Crippen LogP contribution in [0.15, 0.2) is 0 Å². The van der Waals surface area contributed by atoms with Crippen molar-refractivity contribution in [3.05, 3.63) is 0 Å². The Kier molecular flexibility index (Phi) is 2.67. The van der Waals surface area contributed by atoms with E-state index in [1.54, 1.807) is 0 Å². The second-order valence-electron chi connectivity index (χ2n) is 4.47. The fraction of sp³-hybridized carbons (Fsp3) is 0.818. The van der Waals surface area contributed by atoms with E-state index in [4.69, 9.17) is 0 Å². The topological polar surface area (TPSA) is 49.4 Å². The summed E-state index contributed by atoms with van der Waals surface area (Å²) in [6.07, 6.45) is 4.35. The Morgan fingerprint density at radius 2 is 2.33 bits per heavy atom. The molecule has 2 rings (SSSR count). The van der Waals surface area contributed by atoms with Gasteiger partial charge in [0.15, 0.2) is 0 Å². The zero-order valence-electron chi connectivity index (χ0n) is 9.21. The van der Waals surface area contributed by atoms with Crippen LogP contribution < -0.4 is 5.32 Å². The first-order valence-electron chi connectivity index (χ1n) is 5.79. The normalized spacial score (nSPS) is 29.9. The van der Waals surface area contributed by atoms with Gasteiger partial charge >= 0.3 is 0 Å². The number of β-lactam (4-membered cyclic amide) rings is 1. The van der Waals surface area contributed by atoms with Crippen molar-refractivity contribution >= 4 is 11.8 Å². The standard InChI is InChI=1S/C11H18N2O2/c1-2-5-9(14)13-7-4-3-6-11(13)8-12-10(11)15/h2-8H2,1H3,(H,12,15). The molecule has 1 N–H and O–H groups in total. The minimum Gasteiger partial charge on any atom is -0.351 e. The molecule has 1 atom stereocenters. The van der Waals surface area contributed by atoms with E-state index < -0.39 is 5.54 Å². The van der Waals surface area contributed by atoms with E-state index in [1.165, 1.54) is 0 Å². The lowest BCUT2D eigenvalue weighted by Gasteiger charge is -2.51. The van der Waals surface area contributed by atoms with Gasteiger partial charge in [-0.05, 0) is 25.7 Å². The lowest BCUT2D eigenvalue weighted by molar-refractivity contribution is -0.158. The van der Waals surface area contributed by atoms with E-state index in [2.05, 4.69) is 5.32 Å². The van der Waals surface area contributed by atoms with Crippen LogP contribution >= 0.6 is 0 Å². The maximum atomic E-state index is 11.9. The number of nitrogens with one attached hydrogen (secondary N) is 1. The number of piperidine rings is 1. The molecule has 0 aromatic rings. The fourth-order valence-electron chi connectivity index (χ4n) is 2.53. The van der Waals surface area contributed by atoms with Crippen LogP contribution in [0.5, 0.6) is 0 Å². The van der Waals surface area contributed by atoms with Gasteiger partial charge in [0, 0.05) is 19.5 Å². The number of carbonyl (C=O) groups excluding carboxylic acids is 2. The van der Waals surface area contributed by atoms with Crippen molar-refractivity contribution in [2.24, 2.45) is 0 Å². The summed E-state index contributed by atoms with van der Waals surface area (Å²) in [5.74, 6) is 0.193. The minimum absolute atomic E-state index is 0.0478. The Bertz CT molecular complexity index is 290. The molecule has 0 bridgehead atoms. The van der Waals surface area contributed by atoms with Crippen molar-refractivity contribution < 1.29 is 9.59 Å². The Hall–Kier alpha value is -1.06. The second kappa shape index (κ2) is 3.83. The molecule has 4 nitrogen and oxygen atoms in total. The van der Waals surface area contributed by atoms with Crippen molar-refractivity contribution in [1.29, 1.82) is 0 Å².